The fourth-order valence-electron chi connectivity index (χ4n) is 2.72. The van der Waals surface area contributed by atoms with Crippen LogP contribution in [0.2, 0.25) is 0 Å². The Kier molecular flexibility index (Phi) is 6.09. The molecule has 1 saturated carbocycles. The van der Waals surface area contributed by atoms with Gasteiger partial charge in [0.25, 0.3) is 5.91 Å². The highest BCUT2D eigenvalue weighted by molar-refractivity contribution is 7.85. The zero-order valence-corrected chi connectivity index (χ0v) is 13.9. The number of aromatic nitrogens is 1. The number of nitrogens with one attached hydrogen (secondary N) is 2. The molecule has 2 rings (SSSR count). The van der Waals surface area contributed by atoms with Gasteiger partial charge in [-0.15, -0.1) is 0 Å². The van der Waals surface area contributed by atoms with Crippen molar-refractivity contribution in [2.45, 2.75) is 43.9 Å². The SMILES string of the molecule is CCS(=O)C1CCCC(NC(=O)Nc2ccc(C(N)=O)nc2)C1. The number of primary amides is 1. The van der Waals surface area contributed by atoms with Crippen molar-refractivity contribution in [1.29, 1.82) is 0 Å². The van der Waals surface area contributed by atoms with Crippen LogP contribution >= 0.6 is 0 Å². The number of nitrogens with two attached hydrogens (primary N) is 1. The quantitative estimate of drug-likeness (QED) is 0.752. The molecule has 8 heteroatoms. The van der Waals surface area contributed by atoms with Crippen LogP contribution in [0.15, 0.2) is 18.3 Å². The first-order valence-electron chi connectivity index (χ1n) is 7.70. The van der Waals surface area contributed by atoms with Crippen molar-refractivity contribution in [3.63, 3.8) is 0 Å². The Morgan fingerprint density at radius 3 is 2.78 bits per heavy atom. The average Bonchev–Trinajstić information content (AvgIpc) is 2.54. The molecular formula is C15H22N4O3S. The molecule has 0 radical (unpaired) electrons. The maximum absolute atomic E-state index is 12.0. The maximum Gasteiger partial charge on any atom is 0.319 e. The van der Waals surface area contributed by atoms with E-state index in [4.69, 9.17) is 5.73 Å². The Balaban J connectivity index is 1.86. The number of amides is 3. The minimum atomic E-state index is -0.820. The second kappa shape index (κ2) is 8.05. The third kappa shape index (κ3) is 5.02. The van der Waals surface area contributed by atoms with Gasteiger partial charge in [0.15, 0.2) is 0 Å². The van der Waals surface area contributed by atoms with E-state index in [2.05, 4.69) is 15.6 Å². The van der Waals surface area contributed by atoms with Crippen LogP contribution in [0, 0.1) is 0 Å². The molecule has 7 nitrogen and oxygen atoms in total. The van der Waals surface area contributed by atoms with Gasteiger partial charge >= 0.3 is 6.03 Å². The zero-order chi connectivity index (χ0) is 16.8. The smallest absolute Gasteiger partial charge is 0.319 e. The van der Waals surface area contributed by atoms with Gasteiger partial charge in [-0.1, -0.05) is 13.3 Å². The van der Waals surface area contributed by atoms with Gasteiger partial charge in [-0.2, -0.15) is 0 Å². The largest absolute Gasteiger partial charge is 0.364 e. The van der Waals surface area contributed by atoms with E-state index < -0.39 is 16.7 Å². The van der Waals surface area contributed by atoms with Gasteiger partial charge in [0.1, 0.15) is 5.69 Å². The van der Waals surface area contributed by atoms with Gasteiger partial charge in [-0.3, -0.25) is 9.00 Å². The fourth-order valence-corrected chi connectivity index (χ4v) is 4.06. The Hall–Kier alpha value is -1.96. The predicted octanol–water partition coefficient (Wildman–Crippen LogP) is 1.38. The van der Waals surface area contributed by atoms with E-state index in [-0.39, 0.29) is 23.0 Å². The zero-order valence-electron chi connectivity index (χ0n) is 13.1. The minimum Gasteiger partial charge on any atom is -0.364 e. The van der Waals surface area contributed by atoms with Gasteiger partial charge < -0.3 is 16.4 Å². The van der Waals surface area contributed by atoms with Crippen LogP contribution in [0.5, 0.6) is 0 Å². The summed E-state index contributed by atoms with van der Waals surface area (Å²) < 4.78 is 11.9. The summed E-state index contributed by atoms with van der Waals surface area (Å²) in [5, 5.41) is 5.75. The number of carbonyl (C=O) groups excluding carboxylic acids is 2. The van der Waals surface area contributed by atoms with E-state index in [0.29, 0.717) is 11.4 Å². The minimum absolute atomic E-state index is 0.0297. The summed E-state index contributed by atoms with van der Waals surface area (Å²) in [6.07, 6.45) is 4.95. The summed E-state index contributed by atoms with van der Waals surface area (Å²) in [5.74, 6) is 0.0414. The summed E-state index contributed by atoms with van der Waals surface area (Å²) in [4.78, 5) is 26.8. The molecule has 1 heterocycles. The lowest BCUT2D eigenvalue weighted by Gasteiger charge is -2.29. The molecule has 1 aliphatic rings. The second-order valence-corrected chi connectivity index (χ2v) is 7.56. The molecule has 1 aromatic rings. The van der Waals surface area contributed by atoms with Crippen LogP contribution in [0.3, 0.4) is 0 Å². The molecule has 0 saturated heterocycles. The molecule has 1 fully saturated rings. The van der Waals surface area contributed by atoms with Gasteiger partial charge in [0.2, 0.25) is 0 Å². The Morgan fingerprint density at radius 2 is 2.17 bits per heavy atom. The summed E-state index contributed by atoms with van der Waals surface area (Å²) in [6, 6.07) is 2.73. The number of hydrogen-bond donors (Lipinski definition) is 3. The molecule has 1 aromatic heterocycles. The number of urea groups is 1. The molecule has 23 heavy (non-hydrogen) atoms. The highest BCUT2D eigenvalue weighted by atomic mass is 32.2. The molecule has 0 bridgehead atoms. The van der Waals surface area contributed by atoms with Crippen molar-refractivity contribution in [1.82, 2.24) is 10.3 Å². The Labute approximate surface area is 137 Å². The predicted molar refractivity (Wildman–Crippen MR) is 89.6 cm³/mol. The molecule has 126 valence electrons. The highest BCUT2D eigenvalue weighted by Crippen LogP contribution is 2.23. The van der Waals surface area contributed by atoms with Gasteiger partial charge in [0, 0.05) is 27.8 Å². The molecule has 0 aromatic carbocycles. The molecule has 0 spiro atoms. The van der Waals surface area contributed by atoms with Crippen molar-refractivity contribution in [3.05, 3.63) is 24.0 Å². The van der Waals surface area contributed by atoms with Crippen molar-refractivity contribution in [3.8, 4) is 0 Å². The van der Waals surface area contributed by atoms with E-state index in [0.717, 1.165) is 25.7 Å². The molecule has 3 unspecified atom stereocenters. The highest BCUT2D eigenvalue weighted by Gasteiger charge is 2.26. The number of hydrogen-bond acceptors (Lipinski definition) is 4. The summed E-state index contributed by atoms with van der Waals surface area (Å²) >= 11 is 0. The monoisotopic (exact) mass is 338 g/mol. The van der Waals surface area contributed by atoms with Crippen LogP contribution in [0.4, 0.5) is 10.5 Å². The summed E-state index contributed by atoms with van der Waals surface area (Å²) in [7, 11) is -0.820. The first-order chi connectivity index (χ1) is 11.0. The first kappa shape index (κ1) is 17.4. The fraction of sp³-hybridized carbons (Fsp3) is 0.533. The Bertz CT molecular complexity index is 591. The third-order valence-electron chi connectivity index (χ3n) is 3.89. The van der Waals surface area contributed by atoms with Gasteiger partial charge in [0.05, 0.1) is 11.9 Å². The van der Waals surface area contributed by atoms with E-state index >= 15 is 0 Å². The molecule has 0 aliphatic heterocycles. The van der Waals surface area contributed by atoms with Crippen LogP contribution in [-0.2, 0) is 10.8 Å². The lowest BCUT2D eigenvalue weighted by atomic mass is 9.95. The topological polar surface area (TPSA) is 114 Å². The molecule has 3 atom stereocenters. The average molecular weight is 338 g/mol. The normalized spacial score (nSPS) is 22.1. The van der Waals surface area contributed by atoms with Crippen molar-refractivity contribution in [2.24, 2.45) is 5.73 Å². The third-order valence-corrected chi connectivity index (χ3v) is 5.63. The summed E-state index contributed by atoms with van der Waals surface area (Å²) in [5.41, 5.74) is 5.74. The number of carbonyl (C=O) groups is 2. The van der Waals surface area contributed by atoms with Gasteiger partial charge in [-0.05, 0) is 31.4 Å². The number of anilines is 1. The van der Waals surface area contributed by atoms with E-state index in [1.54, 1.807) is 6.07 Å². The number of rotatable bonds is 5. The molecular weight excluding hydrogens is 316 g/mol. The lowest BCUT2D eigenvalue weighted by molar-refractivity contribution is 0.0995. The van der Waals surface area contributed by atoms with Crippen LogP contribution in [0.1, 0.15) is 43.1 Å². The second-order valence-electron chi connectivity index (χ2n) is 5.55. The number of nitrogens with zero attached hydrogens (tertiary/aromatic N) is 1. The molecule has 1 aliphatic carbocycles. The standard InChI is InChI=1S/C15H22N4O3S/c1-2-23(22)12-5-3-4-10(8-12)18-15(21)19-11-6-7-13(14(16)20)17-9-11/h6-7,9-10,12H,2-5,8H2,1H3,(H2,16,20)(H2,18,19,21). The van der Waals surface area contributed by atoms with Crippen molar-refractivity contribution in [2.75, 3.05) is 11.1 Å². The van der Waals surface area contributed by atoms with E-state index in [1.165, 1.54) is 12.3 Å². The van der Waals surface area contributed by atoms with Crippen molar-refractivity contribution < 1.29 is 13.8 Å². The maximum atomic E-state index is 12.0. The number of pyridine rings is 1. The van der Waals surface area contributed by atoms with Crippen LogP contribution < -0.4 is 16.4 Å². The van der Waals surface area contributed by atoms with Gasteiger partial charge in [-0.25, -0.2) is 9.78 Å². The van der Waals surface area contributed by atoms with Crippen molar-refractivity contribution >= 4 is 28.4 Å². The first-order valence-corrected chi connectivity index (χ1v) is 9.08. The Morgan fingerprint density at radius 1 is 1.39 bits per heavy atom. The van der Waals surface area contributed by atoms with Crippen LogP contribution in [0.25, 0.3) is 0 Å². The van der Waals surface area contributed by atoms with Crippen LogP contribution in [-0.4, -0.2) is 38.2 Å². The summed E-state index contributed by atoms with van der Waals surface area (Å²) in [6.45, 7) is 1.92. The van der Waals surface area contributed by atoms with E-state index in [9.17, 15) is 13.8 Å². The van der Waals surface area contributed by atoms with E-state index in [1.807, 2.05) is 6.92 Å². The lowest BCUT2D eigenvalue weighted by Crippen LogP contribution is -2.43. The molecule has 3 amide bonds. The molecule has 4 N–H and O–H groups in total.